The van der Waals surface area contributed by atoms with E-state index in [1.807, 2.05) is 6.92 Å². The largest absolute Gasteiger partial charge is 0.461 e. The van der Waals surface area contributed by atoms with E-state index in [-0.39, 0.29) is 37.5 Å². The highest BCUT2D eigenvalue weighted by atomic mass is 31.2. The number of hydrogen-bond acceptors (Lipinski definition) is 10. The number of nitrogen functional groups attached to an aromatic ring is 1. The van der Waals surface area contributed by atoms with Gasteiger partial charge >= 0.3 is 13.6 Å². The molecule has 2 heterocycles. The standard InChI is InChI=1S/C16H28N5O6P/c1-5-26-28(22,27-6-2)11-25-12(3)9-21-10-18-13-14(17)19-16(20-15(13)21)24-8-7-23-4/h10,12H,5-9,11H2,1-4H3,(H2,17,19,20). The molecule has 0 aliphatic heterocycles. The van der Waals surface area contributed by atoms with Crippen LogP contribution in [0.1, 0.15) is 20.8 Å². The highest BCUT2D eigenvalue weighted by Crippen LogP contribution is 2.48. The van der Waals surface area contributed by atoms with Crippen molar-refractivity contribution in [2.45, 2.75) is 33.4 Å². The van der Waals surface area contributed by atoms with Crippen LogP contribution in [-0.4, -0.2) is 65.5 Å². The maximum atomic E-state index is 12.5. The summed E-state index contributed by atoms with van der Waals surface area (Å²) in [6, 6.07) is 0.148. The van der Waals surface area contributed by atoms with Gasteiger partial charge in [0.25, 0.3) is 0 Å². The summed E-state index contributed by atoms with van der Waals surface area (Å²) < 4.78 is 40.8. The van der Waals surface area contributed by atoms with E-state index >= 15 is 0 Å². The Hall–Kier alpha value is -1.78. The quantitative estimate of drug-likeness (QED) is 0.381. The van der Waals surface area contributed by atoms with Gasteiger partial charge < -0.3 is 33.6 Å². The SMILES string of the molecule is CCOP(=O)(COC(C)Cn1cnc2c(N)nc(OCCOC)nc21)OCC. The molecule has 1 atom stereocenters. The van der Waals surface area contributed by atoms with Crippen molar-refractivity contribution in [3.05, 3.63) is 6.33 Å². The summed E-state index contributed by atoms with van der Waals surface area (Å²) >= 11 is 0. The third kappa shape index (κ3) is 6.11. The third-order valence-corrected chi connectivity index (χ3v) is 5.38. The summed E-state index contributed by atoms with van der Waals surface area (Å²) in [4.78, 5) is 12.7. The van der Waals surface area contributed by atoms with Crippen molar-refractivity contribution < 1.29 is 27.8 Å². The molecule has 2 rings (SSSR count). The molecule has 11 nitrogen and oxygen atoms in total. The summed E-state index contributed by atoms with van der Waals surface area (Å²) in [6.07, 6.45) is 1.16. The summed E-state index contributed by atoms with van der Waals surface area (Å²) in [6.45, 7) is 7.03. The molecule has 2 aromatic heterocycles. The van der Waals surface area contributed by atoms with E-state index in [0.29, 0.717) is 30.9 Å². The second-order valence-electron chi connectivity index (χ2n) is 5.85. The van der Waals surface area contributed by atoms with Crippen molar-refractivity contribution in [2.24, 2.45) is 0 Å². The Morgan fingerprint density at radius 3 is 2.57 bits per heavy atom. The number of methoxy groups -OCH3 is 1. The molecule has 0 radical (unpaired) electrons. The van der Waals surface area contributed by atoms with Gasteiger partial charge in [-0.2, -0.15) is 9.97 Å². The molecule has 0 bridgehead atoms. The maximum Gasteiger partial charge on any atom is 0.356 e. The minimum atomic E-state index is -3.27. The smallest absolute Gasteiger partial charge is 0.356 e. The van der Waals surface area contributed by atoms with Gasteiger partial charge in [0.2, 0.25) is 0 Å². The molecule has 1 unspecified atom stereocenters. The summed E-state index contributed by atoms with van der Waals surface area (Å²) in [5.74, 6) is 0.224. The summed E-state index contributed by atoms with van der Waals surface area (Å²) in [5.41, 5.74) is 6.94. The van der Waals surface area contributed by atoms with Crippen molar-refractivity contribution in [1.82, 2.24) is 19.5 Å². The van der Waals surface area contributed by atoms with Crippen molar-refractivity contribution in [2.75, 3.05) is 45.6 Å². The number of fused-ring (bicyclic) bond motifs is 1. The lowest BCUT2D eigenvalue weighted by molar-refractivity contribution is 0.0672. The first kappa shape index (κ1) is 22.5. The Labute approximate surface area is 164 Å². The third-order valence-electron chi connectivity index (χ3n) is 3.61. The number of aromatic nitrogens is 4. The van der Waals surface area contributed by atoms with E-state index in [4.69, 9.17) is 29.0 Å². The highest BCUT2D eigenvalue weighted by Gasteiger charge is 2.25. The number of ether oxygens (including phenoxy) is 3. The van der Waals surface area contributed by atoms with Gasteiger partial charge in [-0.1, -0.05) is 0 Å². The Kier molecular flexibility index (Phi) is 8.58. The molecule has 158 valence electrons. The van der Waals surface area contributed by atoms with Crippen LogP contribution in [0.3, 0.4) is 0 Å². The zero-order chi connectivity index (χ0) is 20.6. The topological polar surface area (TPSA) is 133 Å². The zero-order valence-electron chi connectivity index (χ0n) is 16.7. The molecule has 0 aliphatic rings. The van der Waals surface area contributed by atoms with Crippen molar-refractivity contribution in [1.29, 1.82) is 0 Å². The molecule has 0 saturated carbocycles. The molecule has 12 heteroatoms. The van der Waals surface area contributed by atoms with Gasteiger partial charge in [0.05, 0.1) is 38.8 Å². The van der Waals surface area contributed by atoms with E-state index < -0.39 is 7.60 Å². The minimum absolute atomic E-state index is 0.134. The lowest BCUT2D eigenvalue weighted by Gasteiger charge is -2.20. The first-order chi connectivity index (χ1) is 13.4. The van der Waals surface area contributed by atoms with E-state index in [1.54, 1.807) is 31.9 Å². The van der Waals surface area contributed by atoms with Crippen molar-refractivity contribution >= 4 is 24.6 Å². The van der Waals surface area contributed by atoms with Crippen LogP contribution in [0.5, 0.6) is 6.01 Å². The number of imidazole rings is 1. The van der Waals surface area contributed by atoms with Crippen LogP contribution in [0.25, 0.3) is 11.2 Å². The van der Waals surface area contributed by atoms with Crippen LogP contribution < -0.4 is 10.5 Å². The monoisotopic (exact) mass is 417 g/mol. The Balaban J connectivity index is 2.07. The van der Waals surface area contributed by atoms with Gasteiger partial charge in [0, 0.05) is 7.11 Å². The fraction of sp³-hybridized carbons (Fsp3) is 0.688. The number of nitrogens with two attached hydrogens (primary N) is 1. The van der Waals surface area contributed by atoms with Crippen LogP contribution in [0.15, 0.2) is 6.33 Å². The van der Waals surface area contributed by atoms with Gasteiger partial charge in [0.1, 0.15) is 13.0 Å². The first-order valence-electron chi connectivity index (χ1n) is 9.02. The second kappa shape index (κ2) is 10.7. The van der Waals surface area contributed by atoms with Crippen LogP contribution >= 0.6 is 7.60 Å². The molecule has 0 saturated heterocycles. The molecular weight excluding hydrogens is 389 g/mol. The molecule has 0 aliphatic carbocycles. The first-order valence-corrected chi connectivity index (χ1v) is 10.7. The van der Waals surface area contributed by atoms with Gasteiger partial charge in [-0.3, -0.25) is 4.57 Å². The predicted octanol–water partition coefficient (Wildman–Crippen LogP) is 2.06. The molecule has 0 fully saturated rings. The fourth-order valence-corrected chi connectivity index (χ4v) is 3.86. The van der Waals surface area contributed by atoms with Crippen LogP contribution in [0.4, 0.5) is 5.82 Å². The van der Waals surface area contributed by atoms with Gasteiger partial charge in [-0.15, -0.1) is 0 Å². The molecule has 0 spiro atoms. The summed E-state index contributed by atoms with van der Waals surface area (Å²) in [5, 5.41) is 0. The molecule has 0 amide bonds. The second-order valence-corrected chi connectivity index (χ2v) is 7.85. The van der Waals surface area contributed by atoms with Crippen LogP contribution in [0.2, 0.25) is 0 Å². The maximum absolute atomic E-state index is 12.5. The van der Waals surface area contributed by atoms with E-state index in [9.17, 15) is 4.57 Å². The zero-order valence-corrected chi connectivity index (χ0v) is 17.6. The van der Waals surface area contributed by atoms with Gasteiger partial charge in [0.15, 0.2) is 17.0 Å². The van der Waals surface area contributed by atoms with Crippen molar-refractivity contribution in [3.63, 3.8) is 0 Å². The number of hydrogen-bond donors (Lipinski definition) is 1. The minimum Gasteiger partial charge on any atom is -0.461 e. The molecular formula is C16H28N5O6P. The molecule has 2 N–H and O–H groups in total. The molecule has 0 aromatic carbocycles. The summed E-state index contributed by atoms with van der Waals surface area (Å²) in [7, 11) is -1.69. The van der Waals surface area contributed by atoms with Gasteiger partial charge in [-0.25, -0.2) is 4.98 Å². The Bertz CT molecular complexity index is 791. The average Bonchev–Trinajstić information content (AvgIpc) is 3.04. The Morgan fingerprint density at radius 1 is 1.21 bits per heavy atom. The van der Waals surface area contributed by atoms with E-state index in [0.717, 1.165) is 0 Å². The predicted molar refractivity (Wildman–Crippen MR) is 103 cm³/mol. The van der Waals surface area contributed by atoms with Crippen LogP contribution in [-0.2, 0) is 29.6 Å². The number of rotatable bonds is 13. The average molecular weight is 417 g/mol. The van der Waals surface area contributed by atoms with Gasteiger partial charge in [-0.05, 0) is 20.8 Å². The van der Waals surface area contributed by atoms with E-state index in [2.05, 4.69) is 15.0 Å². The molecule has 28 heavy (non-hydrogen) atoms. The number of anilines is 1. The van der Waals surface area contributed by atoms with Crippen molar-refractivity contribution in [3.8, 4) is 6.01 Å². The molecule has 2 aromatic rings. The highest BCUT2D eigenvalue weighted by molar-refractivity contribution is 7.53. The van der Waals surface area contributed by atoms with Crippen LogP contribution in [0, 0.1) is 0 Å². The normalized spacial score (nSPS) is 13.1. The number of nitrogens with zero attached hydrogens (tertiary/aromatic N) is 4. The lowest BCUT2D eigenvalue weighted by Crippen LogP contribution is -2.18. The fourth-order valence-electron chi connectivity index (χ4n) is 2.41. The lowest BCUT2D eigenvalue weighted by atomic mass is 10.4. The Morgan fingerprint density at radius 2 is 1.93 bits per heavy atom. The van der Waals surface area contributed by atoms with E-state index in [1.165, 1.54) is 0 Å².